The predicted molar refractivity (Wildman–Crippen MR) is 70.0 cm³/mol. The highest BCUT2D eigenvalue weighted by Gasteiger charge is 2.43. The molecule has 0 saturated carbocycles. The van der Waals surface area contributed by atoms with Gasteiger partial charge in [0.2, 0.25) is 0 Å². The molecule has 3 aliphatic rings. The van der Waals surface area contributed by atoms with Crippen LogP contribution in [0.2, 0.25) is 0 Å². The first-order valence-electron chi connectivity index (χ1n) is 7.43. The van der Waals surface area contributed by atoms with Gasteiger partial charge in [-0.3, -0.25) is 0 Å². The summed E-state index contributed by atoms with van der Waals surface area (Å²) >= 11 is 0. The van der Waals surface area contributed by atoms with Crippen LogP contribution in [0.3, 0.4) is 0 Å². The average molecular weight is 271 g/mol. The van der Waals surface area contributed by atoms with E-state index in [-0.39, 0.29) is 11.9 Å². The first kappa shape index (κ1) is 13.8. The van der Waals surface area contributed by atoms with Crippen molar-refractivity contribution < 1.29 is 18.9 Å². The smallest absolute Gasteiger partial charge is 0.159 e. The lowest BCUT2D eigenvalue weighted by atomic mass is 9.80. The van der Waals surface area contributed by atoms with E-state index >= 15 is 0 Å². The van der Waals surface area contributed by atoms with Crippen LogP contribution < -0.4 is 5.32 Å². The maximum absolute atomic E-state index is 6.01. The molecule has 19 heavy (non-hydrogen) atoms. The van der Waals surface area contributed by atoms with E-state index in [4.69, 9.17) is 18.9 Å². The Bertz CT molecular complexity index is 287. The van der Waals surface area contributed by atoms with Crippen LogP contribution in [0.1, 0.15) is 25.7 Å². The lowest BCUT2D eigenvalue weighted by Gasteiger charge is -2.40. The molecule has 0 aromatic carbocycles. The minimum absolute atomic E-state index is 0.0184. The highest BCUT2D eigenvalue weighted by Crippen LogP contribution is 2.38. The quantitative estimate of drug-likeness (QED) is 0.824. The average Bonchev–Trinajstić information content (AvgIpc) is 3.08. The van der Waals surface area contributed by atoms with Gasteiger partial charge in [-0.1, -0.05) is 0 Å². The molecule has 3 atom stereocenters. The summed E-state index contributed by atoms with van der Waals surface area (Å²) in [5, 5.41) is 3.45. The predicted octanol–water partition coefficient (Wildman–Crippen LogP) is 0.923. The van der Waals surface area contributed by atoms with E-state index in [1.807, 2.05) is 7.05 Å². The van der Waals surface area contributed by atoms with Crippen molar-refractivity contribution in [2.24, 2.45) is 5.92 Å². The zero-order chi connectivity index (χ0) is 13.1. The Morgan fingerprint density at radius 3 is 2.74 bits per heavy atom. The molecule has 3 heterocycles. The molecule has 5 nitrogen and oxygen atoms in total. The number of ether oxygens (including phenoxy) is 4. The van der Waals surface area contributed by atoms with Gasteiger partial charge in [-0.2, -0.15) is 0 Å². The van der Waals surface area contributed by atoms with Gasteiger partial charge in [0.15, 0.2) is 6.29 Å². The minimum Gasteiger partial charge on any atom is -0.378 e. The largest absolute Gasteiger partial charge is 0.378 e. The monoisotopic (exact) mass is 271 g/mol. The van der Waals surface area contributed by atoms with Gasteiger partial charge in [0.25, 0.3) is 0 Å². The Balaban J connectivity index is 1.58. The zero-order valence-electron chi connectivity index (χ0n) is 11.7. The second-order valence-corrected chi connectivity index (χ2v) is 5.89. The maximum atomic E-state index is 6.01. The van der Waals surface area contributed by atoms with Crippen molar-refractivity contribution in [3.63, 3.8) is 0 Å². The molecule has 3 saturated heterocycles. The molecule has 1 N–H and O–H groups in total. The third kappa shape index (κ3) is 3.11. The van der Waals surface area contributed by atoms with Gasteiger partial charge < -0.3 is 24.3 Å². The summed E-state index contributed by atoms with van der Waals surface area (Å²) in [6.45, 7) is 3.90. The Hall–Kier alpha value is -0.200. The number of nitrogens with one attached hydrogen (secondary N) is 1. The molecule has 0 bridgehead atoms. The topological polar surface area (TPSA) is 49.0 Å². The zero-order valence-corrected chi connectivity index (χ0v) is 11.7. The minimum atomic E-state index is -0.0314. The summed E-state index contributed by atoms with van der Waals surface area (Å²) < 4.78 is 22.7. The van der Waals surface area contributed by atoms with Crippen molar-refractivity contribution in [3.05, 3.63) is 0 Å². The summed E-state index contributed by atoms with van der Waals surface area (Å²) in [5.74, 6) is 0.619. The second kappa shape index (κ2) is 6.06. The Morgan fingerprint density at radius 2 is 2.05 bits per heavy atom. The van der Waals surface area contributed by atoms with Crippen LogP contribution in [0.4, 0.5) is 0 Å². The van der Waals surface area contributed by atoms with Crippen molar-refractivity contribution in [1.82, 2.24) is 5.32 Å². The van der Waals surface area contributed by atoms with Crippen molar-refractivity contribution in [2.45, 2.75) is 43.6 Å². The Labute approximate surface area is 114 Å². The summed E-state index contributed by atoms with van der Waals surface area (Å²) in [5.41, 5.74) is -0.0184. The molecular formula is C14H25NO4. The molecule has 3 aliphatic heterocycles. The van der Waals surface area contributed by atoms with Crippen molar-refractivity contribution in [3.8, 4) is 0 Å². The third-order valence-electron chi connectivity index (χ3n) is 4.68. The second-order valence-electron chi connectivity index (χ2n) is 5.89. The number of hydrogen-bond acceptors (Lipinski definition) is 5. The first-order valence-corrected chi connectivity index (χ1v) is 7.43. The summed E-state index contributed by atoms with van der Waals surface area (Å²) in [7, 11) is 2.03. The fourth-order valence-electron chi connectivity index (χ4n) is 3.57. The molecule has 0 aromatic heterocycles. The lowest BCUT2D eigenvalue weighted by Crippen LogP contribution is -2.47. The Morgan fingerprint density at radius 1 is 1.21 bits per heavy atom. The van der Waals surface area contributed by atoms with Crippen LogP contribution in [0.5, 0.6) is 0 Å². The molecule has 3 fully saturated rings. The SMILES string of the molecule is CNC(CC1OCCO1)C1CCOC2(CCOC2)C1. The van der Waals surface area contributed by atoms with Gasteiger partial charge >= 0.3 is 0 Å². The van der Waals surface area contributed by atoms with Crippen LogP contribution in [-0.2, 0) is 18.9 Å². The molecule has 0 aliphatic carbocycles. The van der Waals surface area contributed by atoms with Crippen molar-refractivity contribution in [2.75, 3.05) is 40.1 Å². The van der Waals surface area contributed by atoms with Crippen LogP contribution in [0, 0.1) is 5.92 Å². The lowest BCUT2D eigenvalue weighted by molar-refractivity contribution is -0.111. The fraction of sp³-hybridized carbons (Fsp3) is 1.00. The van der Waals surface area contributed by atoms with E-state index in [9.17, 15) is 0 Å². The van der Waals surface area contributed by atoms with Crippen LogP contribution in [0.15, 0.2) is 0 Å². The molecule has 0 aromatic rings. The highest BCUT2D eigenvalue weighted by molar-refractivity contribution is 4.93. The van der Waals surface area contributed by atoms with E-state index in [1.165, 1.54) is 0 Å². The van der Waals surface area contributed by atoms with E-state index in [0.29, 0.717) is 12.0 Å². The van der Waals surface area contributed by atoms with Crippen LogP contribution in [-0.4, -0.2) is 58.0 Å². The molecule has 3 rings (SSSR count). The van der Waals surface area contributed by atoms with Gasteiger partial charge in [0.1, 0.15) is 0 Å². The van der Waals surface area contributed by atoms with Crippen LogP contribution >= 0.6 is 0 Å². The van der Waals surface area contributed by atoms with Gasteiger partial charge in [-0.25, -0.2) is 0 Å². The summed E-state index contributed by atoms with van der Waals surface area (Å²) in [6.07, 6.45) is 4.13. The molecule has 3 unspecified atom stereocenters. The third-order valence-corrected chi connectivity index (χ3v) is 4.68. The summed E-state index contributed by atoms with van der Waals surface area (Å²) in [6, 6.07) is 0.435. The molecule has 1 spiro atoms. The van der Waals surface area contributed by atoms with Crippen molar-refractivity contribution >= 4 is 0 Å². The molecule has 5 heteroatoms. The maximum Gasteiger partial charge on any atom is 0.159 e. The normalized spacial score (nSPS) is 38.1. The van der Waals surface area contributed by atoms with Gasteiger partial charge in [-0.15, -0.1) is 0 Å². The van der Waals surface area contributed by atoms with E-state index < -0.39 is 0 Å². The number of rotatable bonds is 4. The number of hydrogen-bond donors (Lipinski definition) is 1. The van der Waals surface area contributed by atoms with Crippen molar-refractivity contribution in [1.29, 1.82) is 0 Å². The first-order chi connectivity index (χ1) is 9.31. The van der Waals surface area contributed by atoms with Gasteiger partial charge in [-0.05, 0) is 25.8 Å². The van der Waals surface area contributed by atoms with E-state index in [0.717, 1.165) is 58.7 Å². The highest BCUT2D eigenvalue weighted by atomic mass is 16.7. The molecule has 110 valence electrons. The van der Waals surface area contributed by atoms with E-state index in [1.54, 1.807) is 0 Å². The van der Waals surface area contributed by atoms with Crippen LogP contribution in [0.25, 0.3) is 0 Å². The molecule has 0 amide bonds. The standard InChI is InChI=1S/C14H25NO4/c1-15-12(8-13-17-6-7-18-13)11-2-4-19-14(9-11)3-5-16-10-14/h11-13,15H,2-10H2,1H3. The van der Waals surface area contributed by atoms with Gasteiger partial charge in [0.05, 0.1) is 25.4 Å². The van der Waals surface area contributed by atoms with Gasteiger partial charge in [0, 0.05) is 32.1 Å². The molecular weight excluding hydrogens is 246 g/mol. The molecule has 0 radical (unpaired) electrons. The summed E-state index contributed by atoms with van der Waals surface area (Å²) in [4.78, 5) is 0. The van der Waals surface area contributed by atoms with E-state index in [2.05, 4.69) is 5.32 Å². The fourth-order valence-corrected chi connectivity index (χ4v) is 3.57. The Kier molecular flexibility index (Phi) is 4.39.